The maximum atomic E-state index is 14.6. The molecule has 0 saturated carbocycles. The SMILES string of the molecule is CCC(=O)c1c(C(C)=O)oc2cc(N(C)S(C)(=O)=O)c(-c3ccc4c(n3)-c3cc5c(F)cccc5n3CO4)cc12.CCC(=O)c1c(C(C)=O)oc2cc(N(C)S(C)(=O)=O)c(B3OC(C)(C)C(C)(C)O3)cc12.Fc1cccc2c1cc1n2COc2ccc(Cl)cc2-1. The number of halogens is 3. The number of nitrogens with zero attached hydrogens (tertiary/aromatic N) is 5. The van der Waals surface area contributed by atoms with E-state index in [0.717, 1.165) is 43.6 Å². The fourth-order valence-corrected chi connectivity index (χ4v) is 12.3. The second kappa shape index (κ2) is 23.0. The summed E-state index contributed by atoms with van der Waals surface area (Å²) in [5, 5.41) is 2.48. The van der Waals surface area contributed by atoms with Crippen LogP contribution in [0, 0.1) is 11.6 Å². The van der Waals surface area contributed by atoms with Crippen molar-refractivity contribution >= 4 is 122 Å². The highest BCUT2D eigenvalue weighted by Crippen LogP contribution is 2.45. The van der Waals surface area contributed by atoms with E-state index in [9.17, 15) is 44.8 Å². The smallest absolute Gasteiger partial charge is 0.472 e. The summed E-state index contributed by atoms with van der Waals surface area (Å²) in [5.41, 5.74) is 5.63. The van der Waals surface area contributed by atoms with Crippen molar-refractivity contribution < 1.29 is 72.4 Å². The highest BCUT2D eigenvalue weighted by atomic mass is 35.5. The summed E-state index contributed by atoms with van der Waals surface area (Å²) in [6.07, 6.45) is 2.48. The highest BCUT2D eigenvalue weighted by Gasteiger charge is 2.53. The predicted molar refractivity (Wildman–Crippen MR) is 342 cm³/mol. The largest absolute Gasteiger partial charge is 0.497 e. The number of benzene rings is 5. The summed E-state index contributed by atoms with van der Waals surface area (Å²) in [6.45, 7) is 14.1. The first kappa shape index (κ1) is 62.9. The van der Waals surface area contributed by atoms with Gasteiger partial charge in [0.25, 0.3) is 0 Å². The van der Waals surface area contributed by atoms with Crippen LogP contribution < -0.4 is 23.5 Å². The molecular formula is C65H61BClF2N5O14S2. The van der Waals surface area contributed by atoms with Crippen LogP contribution in [0.3, 0.4) is 0 Å². The molecule has 13 rings (SSSR count). The molecule has 0 bridgehead atoms. The van der Waals surface area contributed by atoms with Crippen molar-refractivity contribution in [2.75, 3.05) is 35.2 Å². The Morgan fingerprint density at radius 3 is 1.61 bits per heavy atom. The fraction of sp³-hybridized carbons (Fsp3) is 0.277. The Labute approximate surface area is 522 Å². The molecule has 466 valence electrons. The second-order valence-corrected chi connectivity index (χ2v) is 27.6. The Morgan fingerprint density at radius 2 is 1.09 bits per heavy atom. The van der Waals surface area contributed by atoms with Gasteiger partial charge in [0.05, 0.1) is 74.3 Å². The molecule has 8 heterocycles. The van der Waals surface area contributed by atoms with Gasteiger partial charge in [0.15, 0.2) is 48.1 Å². The molecule has 0 spiro atoms. The number of carbonyl (C=O) groups is 4. The van der Waals surface area contributed by atoms with Crippen LogP contribution in [0.5, 0.6) is 11.5 Å². The first-order valence-electron chi connectivity index (χ1n) is 28.5. The maximum Gasteiger partial charge on any atom is 0.497 e. The van der Waals surface area contributed by atoms with Crippen LogP contribution in [-0.4, -0.2) is 99.0 Å². The average molecular weight is 1280 g/mol. The van der Waals surface area contributed by atoms with Crippen molar-refractivity contribution in [3.05, 3.63) is 142 Å². The van der Waals surface area contributed by atoms with Gasteiger partial charge in [0.2, 0.25) is 20.0 Å². The number of hydrogen-bond donors (Lipinski definition) is 0. The highest BCUT2D eigenvalue weighted by molar-refractivity contribution is 7.92. The molecule has 3 aliphatic heterocycles. The summed E-state index contributed by atoms with van der Waals surface area (Å²) in [7, 11) is -5.42. The van der Waals surface area contributed by atoms with E-state index in [-0.39, 0.29) is 93.7 Å². The van der Waals surface area contributed by atoms with Gasteiger partial charge in [-0.2, -0.15) is 0 Å². The number of hydrogen-bond acceptors (Lipinski definition) is 15. The van der Waals surface area contributed by atoms with Crippen LogP contribution in [0.1, 0.15) is 110 Å². The lowest BCUT2D eigenvalue weighted by atomic mass is 9.76. The Morgan fingerprint density at radius 1 is 0.611 bits per heavy atom. The first-order chi connectivity index (χ1) is 42.3. The number of fused-ring (bicyclic) bond motifs is 12. The number of carbonyl (C=O) groups excluding carboxylic acids is 4. The summed E-state index contributed by atoms with van der Waals surface area (Å²) in [5.74, 6) is -0.767. The third-order valence-corrected chi connectivity index (χ3v) is 19.4. The van der Waals surface area contributed by atoms with Crippen LogP contribution >= 0.6 is 11.6 Å². The zero-order valence-electron chi connectivity index (χ0n) is 51.1. The van der Waals surface area contributed by atoms with E-state index in [1.807, 2.05) is 61.1 Å². The van der Waals surface area contributed by atoms with Crippen molar-refractivity contribution in [2.45, 2.75) is 92.9 Å². The van der Waals surface area contributed by atoms with Gasteiger partial charge >= 0.3 is 7.12 Å². The number of ketones is 4. The molecule has 3 aliphatic rings. The molecule has 0 aliphatic carbocycles. The Balaban J connectivity index is 0.000000147. The minimum Gasteiger partial charge on any atom is -0.472 e. The van der Waals surface area contributed by atoms with Gasteiger partial charge in [-0.15, -0.1) is 0 Å². The molecule has 5 aromatic carbocycles. The van der Waals surface area contributed by atoms with E-state index >= 15 is 0 Å². The molecule has 1 fully saturated rings. The zero-order chi connectivity index (χ0) is 65.0. The van der Waals surface area contributed by atoms with Crippen LogP contribution in [-0.2, 0) is 42.8 Å². The van der Waals surface area contributed by atoms with Crippen LogP contribution in [0.25, 0.3) is 77.6 Å². The van der Waals surface area contributed by atoms with E-state index in [4.69, 9.17) is 44.2 Å². The van der Waals surface area contributed by atoms with E-state index in [2.05, 4.69) is 0 Å². The van der Waals surface area contributed by atoms with Crippen molar-refractivity contribution in [3.63, 3.8) is 0 Å². The molecule has 90 heavy (non-hydrogen) atoms. The third kappa shape index (κ3) is 11.0. The van der Waals surface area contributed by atoms with Gasteiger partial charge in [-0.25, -0.2) is 30.6 Å². The van der Waals surface area contributed by atoms with Crippen LogP contribution in [0.4, 0.5) is 20.2 Å². The topological polar surface area (TPSA) is 229 Å². The van der Waals surface area contributed by atoms with Crippen LogP contribution in [0.2, 0.25) is 5.02 Å². The van der Waals surface area contributed by atoms with Crippen LogP contribution in [0.15, 0.2) is 112 Å². The summed E-state index contributed by atoms with van der Waals surface area (Å²) < 4.78 is 120. The standard InChI is InChI=1S/C29H24FN3O6S.C21H28BNO7S.C15H9ClFNO/c1-5-24(35)27-18-11-17(22(32(3)40(4,36)37)13-26(18)39-29(27)15(2)34)20-9-10-25-28(31-20)23-12-16-19(30)7-6-8-21(16)33(23)14-38-25;1-9-16(25)18-13-10-14(22-29-20(3,4)21(5,6)30-22)15(23(7)31(8,26)27)11-17(13)28-19(18)12(2)24;16-9-4-5-15-11(6-9)14-7-10-12(17)2-1-3-13(10)18(14)8-19-15/h6-13H,5,14H2,1-4H3;10-11H,9H2,1-8H3;1-7H,8H2. The summed E-state index contributed by atoms with van der Waals surface area (Å²) in [6, 6.07) is 28.6. The number of pyridine rings is 1. The summed E-state index contributed by atoms with van der Waals surface area (Å²) in [4.78, 5) is 54.9. The molecule has 1 saturated heterocycles. The number of furan rings is 2. The Bertz CT molecular complexity index is 4920. The van der Waals surface area contributed by atoms with Crippen molar-refractivity contribution in [3.8, 4) is 45.4 Å². The second-order valence-electron chi connectivity index (χ2n) is 23.1. The Hall–Kier alpha value is -8.68. The molecule has 0 unspecified atom stereocenters. The van der Waals surface area contributed by atoms with E-state index in [0.29, 0.717) is 72.7 Å². The molecule has 25 heteroatoms. The average Bonchev–Trinajstić information content (AvgIpc) is 1.56. The fourth-order valence-electron chi connectivity index (χ4n) is 11.1. The molecule has 0 N–H and O–H groups in total. The van der Waals surface area contributed by atoms with Gasteiger partial charge in [0.1, 0.15) is 40.0 Å². The molecular weight excluding hydrogens is 1220 g/mol. The van der Waals surface area contributed by atoms with E-state index in [1.54, 1.807) is 68.4 Å². The lowest BCUT2D eigenvalue weighted by molar-refractivity contribution is 0.00578. The van der Waals surface area contributed by atoms with Gasteiger partial charge < -0.3 is 36.8 Å². The predicted octanol–water partition coefficient (Wildman–Crippen LogP) is 13.2. The Kier molecular flexibility index (Phi) is 16.1. The number of ether oxygens (including phenoxy) is 2. The number of anilines is 2. The van der Waals surface area contributed by atoms with Crippen molar-refractivity contribution in [1.82, 2.24) is 14.1 Å². The molecule has 10 aromatic rings. The maximum absolute atomic E-state index is 14.6. The van der Waals surface area contributed by atoms with Crippen molar-refractivity contribution in [1.29, 1.82) is 0 Å². The molecule has 0 radical (unpaired) electrons. The first-order valence-corrected chi connectivity index (χ1v) is 32.6. The molecule has 5 aromatic heterocycles. The molecule has 0 atom stereocenters. The van der Waals surface area contributed by atoms with Gasteiger partial charge in [-0.1, -0.05) is 37.6 Å². The number of aromatic nitrogens is 3. The molecule has 19 nitrogen and oxygen atoms in total. The normalized spacial score (nSPS) is 14.5. The monoisotopic (exact) mass is 1280 g/mol. The van der Waals surface area contributed by atoms with Gasteiger partial charge in [-0.05, 0) is 107 Å². The van der Waals surface area contributed by atoms with E-state index in [1.165, 1.54) is 52.2 Å². The minimum absolute atomic E-state index is 0.0409. The lowest BCUT2D eigenvalue weighted by Gasteiger charge is -2.32. The quantitative estimate of drug-likeness (QED) is 0.0818. The van der Waals surface area contributed by atoms with E-state index < -0.39 is 44.2 Å². The number of sulfonamides is 2. The number of Topliss-reactive ketones (excluding diaryl/α,β-unsaturated/α-hetero) is 4. The lowest BCUT2D eigenvalue weighted by Crippen LogP contribution is -2.41. The number of rotatable bonds is 12. The van der Waals surface area contributed by atoms with Gasteiger partial charge in [-0.3, -0.25) is 27.8 Å². The minimum atomic E-state index is -3.72. The zero-order valence-corrected chi connectivity index (χ0v) is 53.5. The summed E-state index contributed by atoms with van der Waals surface area (Å²) >= 11 is 6.03. The third-order valence-electron chi connectivity index (χ3n) is 16.7. The van der Waals surface area contributed by atoms with Crippen molar-refractivity contribution in [2.24, 2.45) is 0 Å². The molecule has 0 amide bonds. The van der Waals surface area contributed by atoms with Gasteiger partial charge in [0, 0.05) is 96.1 Å².